The molecule has 0 saturated carbocycles. The van der Waals surface area contributed by atoms with Crippen LogP contribution in [0.4, 0.5) is 4.39 Å². The van der Waals surface area contributed by atoms with Crippen LogP contribution in [0.1, 0.15) is 25.5 Å². The lowest BCUT2D eigenvalue weighted by molar-refractivity contribution is -0.0500. The van der Waals surface area contributed by atoms with Gasteiger partial charge in [-0.2, -0.15) is 0 Å². The summed E-state index contributed by atoms with van der Waals surface area (Å²) in [7, 11) is 0. The van der Waals surface area contributed by atoms with Crippen LogP contribution in [0.2, 0.25) is 0 Å². The van der Waals surface area contributed by atoms with E-state index in [0.29, 0.717) is 18.7 Å². The summed E-state index contributed by atoms with van der Waals surface area (Å²) in [5, 5.41) is 9.86. The van der Waals surface area contributed by atoms with Gasteiger partial charge in [0.15, 0.2) is 0 Å². The highest BCUT2D eigenvalue weighted by Crippen LogP contribution is 2.30. The molecular formula is C14H21FN2O2. The number of ether oxygens (including phenoxy) is 1. The summed E-state index contributed by atoms with van der Waals surface area (Å²) in [5.74, 6) is -0.214. The highest BCUT2D eigenvalue weighted by atomic mass is 19.1. The lowest BCUT2D eigenvalue weighted by Gasteiger charge is -2.38. The van der Waals surface area contributed by atoms with E-state index in [1.807, 2.05) is 13.8 Å². The Kier molecular flexibility index (Phi) is 4.39. The number of rotatable bonds is 3. The Morgan fingerprint density at radius 2 is 2.21 bits per heavy atom. The van der Waals surface area contributed by atoms with Gasteiger partial charge in [-0.25, -0.2) is 4.39 Å². The Labute approximate surface area is 113 Å². The predicted octanol–water partition coefficient (Wildman–Crippen LogP) is 1.64. The topological polar surface area (TPSA) is 58.7 Å². The number of nitrogens with two attached hydrogens (primary N) is 1. The van der Waals surface area contributed by atoms with Gasteiger partial charge in [0.2, 0.25) is 0 Å². The summed E-state index contributed by atoms with van der Waals surface area (Å²) in [6, 6.07) is 3.92. The van der Waals surface area contributed by atoms with Crippen molar-refractivity contribution in [2.45, 2.75) is 32.0 Å². The van der Waals surface area contributed by atoms with E-state index in [4.69, 9.17) is 10.5 Å². The van der Waals surface area contributed by atoms with Gasteiger partial charge in [0, 0.05) is 30.7 Å². The molecule has 1 aliphatic rings. The molecule has 2 rings (SSSR count). The third-order valence-corrected chi connectivity index (χ3v) is 3.70. The SMILES string of the molecule is CC(N)C1CN(C(C)c2cc(F)ccc2O)CCO1. The monoisotopic (exact) mass is 268 g/mol. The largest absolute Gasteiger partial charge is 0.508 e. The summed E-state index contributed by atoms with van der Waals surface area (Å²) in [6.45, 7) is 5.91. The first-order valence-corrected chi connectivity index (χ1v) is 6.58. The fourth-order valence-electron chi connectivity index (χ4n) is 2.42. The number of aromatic hydroxyl groups is 1. The second kappa shape index (κ2) is 5.86. The minimum Gasteiger partial charge on any atom is -0.508 e. The molecule has 1 heterocycles. The molecule has 0 aromatic heterocycles. The third kappa shape index (κ3) is 3.23. The smallest absolute Gasteiger partial charge is 0.123 e. The van der Waals surface area contributed by atoms with Gasteiger partial charge in [-0.05, 0) is 32.0 Å². The maximum atomic E-state index is 13.3. The van der Waals surface area contributed by atoms with Crippen LogP contribution >= 0.6 is 0 Å². The fraction of sp³-hybridized carbons (Fsp3) is 0.571. The number of benzene rings is 1. The maximum absolute atomic E-state index is 13.3. The van der Waals surface area contributed by atoms with Crippen molar-refractivity contribution in [1.29, 1.82) is 0 Å². The van der Waals surface area contributed by atoms with Crippen molar-refractivity contribution in [2.75, 3.05) is 19.7 Å². The highest BCUT2D eigenvalue weighted by molar-refractivity contribution is 5.35. The molecule has 1 saturated heterocycles. The first kappa shape index (κ1) is 14.2. The lowest BCUT2D eigenvalue weighted by Crippen LogP contribution is -2.50. The fourth-order valence-corrected chi connectivity index (χ4v) is 2.42. The third-order valence-electron chi connectivity index (χ3n) is 3.70. The molecule has 1 aliphatic heterocycles. The van der Waals surface area contributed by atoms with Crippen molar-refractivity contribution < 1.29 is 14.2 Å². The average Bonchev–Trinajstić information content (AvgIpc) is 2.41. The molecule has 1 fully saturated rings. The number of phenols is 1. The van der Waals surface area contributed by atoms with Gasteiger partial charge >= 0.3 is 0 Å². The van der Waals surface area contributed by atoms with E-state index < -0.39 is 0 Å². The van der Waals surface area contributed by atoms with Gasteiger partial charge in [0.1, 0.15) is 11.6 Å². The minimum absolute atomic E-state index is 0.0214. The molecule has 3 unspecified atom stereocenters. The van der Waals surface area contributed by atoms with Gasteiger partial charge in [0.05, 0.1) is 12.7 Å². The van der Waals surface area contributed by atoms with Crippen LogP contribution in [0.5, 0.6) is 5.75 Å². The first-order valence-electron chi connectivity index (χ1n) is 6.58. The molecule has 106 valence electrons. The van der Waals surface area contributed by atoms with Crippen LogP contribution in [0, 0.1) is 5.82 Å². The van der Waals surface area contributed by atoms with E-state index in [9.17, 15) is 9.50 Å². The molecule has 0 spiro atoms. The van der Waals surface area contributed by atoms with Crippen molar-refractivity contribution in [2.24, 2.45) is 5.73 Å². The zero-order chi connectivity index (χ0) is 14.0. The van der Waals surface area contributed by atoms with Crippen LogP contribution in [0.3, 0.4) is 0 Å². The minimum atomic E-state index is -0.336. The Hall–Kier alpha value is -1.17. The highest BCUT2D eigenvalue weighted by Gasteiger charge is 2.28. The zero-order valence-corrected chi connectivity index (χ0v) is 11.3. The van der Waals surface area contributed by atoms with E-state index in [0.717, 1.165) is 6.54 Å². The number of halogens is 1. The molecular weight excluding hydrogens is 247 g/mol. The summed E-state index contributed by atoms with van der Waals surface area (Å²) in [4.78, 5) is 2.16. The molecule has 1 aromatic carbocycles. The number of morpholine rings is 1. The molecule has 4 nitrogen and oxygen atoms in total. The molecule has 0 bridgehead atoms. The Morgan fingerprint density at radius 1 is 1.47 bits per heavy atom. The van der Waals surface area contributed by atoms with Crippen LogP contribution in [-0.4, -0.2) is 41.8 Å². The van der Waals surface area contributed by atoms with Gasteiger partial charge in [0.25, 0.3) is 0 Å². The Balaban J connectivity index is 2.14. The predicted molar refractivity (Wildman–Crippen MR) is 71.4 cm³/mol. The molecule has 5 heteroatoms. The number of phenolic OH excluding ortho intramolecular Hbond substituents is 1. The molecule has 19 heavy (non-hydrogen) atoms. The van der Waals surface area contributed by atoms with E-state index in [1.165, 1.54) is 18.2 Å². The molecule has 0 aliphatic carbocycles. The van der Waals surface area contributed by atoms with E-state index >= 15 is 0 Å². The van der Waals surface area contributed by atoms with Crippen molar-refractivity contribution in [3.8, 4) is 5.75 Å². The van der Waals surface area contributed by atoms with Crippen LogP contribution in [-0.2, 0) is 4.74 Å². The number of nitrogens with zero attached hydrogens (tertiary/aromatic N) is 1. The molecule has 1 aromatic rings. The summed E-state index contributed by atoms with van der Waals surface area (Å²) < 4.78 is 18.9. The van der Waals surface area contributed by atoms with E-state index in [1.54, 1.807) is 0 Å². The maximum Gasteiger partial charge on any atom is 0.123 e. The molecule has 3 atom stereocenters. The van der Waals surface area contributed by atoms with E-state index in [-0.39, 0.29) is 29.8 Å². The van der Waals surface area contributed by atoms with Crippen LogP contribution in [0.25, 0.3) is 0 Å². The normalized spacial score (nSPS) is 24.1. The van der Waals surface area contributed by atoms with Crippen molar-refractivity contribution in [3.63, 3.8) is 0 Å². The van der Waals surface area contributed by atoms with E-state index in [2.05, 4.69) is 4.90 Å². The second-order valence-electron chi connectivity index (χ2n) is 5.14. The van der Waals surface area contributed by atoms with Crippen LogP contribution < -0.4 is 5.73 Å². The first-order chi connectivity index (χ1) is 8.99. The van der Waals surface area contributed by atoms with Gasteiger partial charge in [-0.15, -0.1) is 0 Å². The standard InChI is InChI=1S/C14H21FN2O2/c1-9(16)14-8-17(5-6-19-14)10(2)12-7-11(15)3-4-13(12)18/h3-4,7,9-10,14,18H,5-6,8,16H2,1-2H3. The van der Waals surface area contributed by atoms with Crippen molar-refractivity contribution in [3.05, 3.63) is 29.6 Å². The van der Waals surface area contributed by atoms with Crippen LogP contribution in [0.15, 0.2) is 18.2 Å². The van der Waals surface area contributed by atoms with Gasteiger partial charge < -0.3 is 15.6 Å². The summed E-state index contributed by atoms with van der Waals surface area (Å²) in [5.41, 5.74) is 6.46. The van der Waals surface area contributed by atoms with Crippen molar-refractivity contribution in [1.82, 2.24) is 4.90 Å². The molecule has 0 radical (unpaired) electrons. The quantitative estimate of drug-likeness (QED) is 0.875. The Morgan fingerprint density at radius 3 is 2.89 bits per heavy atom. The second-order valence-corrected chi connectivity index (χ2v) is 5.14. The zero-order valence-electron chi connectivity index (χ0n) is 11.3. The lowest BCUT2D eigenvalue weighted by atomic mass is 10.0. The number of hydrogen-bond donors (Lipinski definition) is 2. The van der Waals surface area contributed by atoms with Gasteiger partial charge in [-0.3, -0.25) is 4.90 Å². The molecule has 3 N–H and O–H groups in total. The van der Waals surface area contributed by atoms with Crippen molar-refractivity contribution >= 4 is 0 Å². The Bertz CT molecular complexity index is 439. The van der Waals surface area contributed by atoms with Gasteiger partial charge in [-0.1, -0.05) is 0 Å². The number of hydrogen-bond acceptors (Lipinski definition) is 4. The average molecular weight is 268 g/mol. The molecule has 0 amide bonds. The summed E-state index contributed by atoms with van der Waals surface area (Å²) in [6.07, 6.45) is -0.0214. The summed E-state index contributed by atoms with van der Waals surface area (Å²) >= 11 is 0.